The van der Waals surface area contributed by atoms with E-state index in [9.17, 15) is 5.11 Å². The first-order chi connectivity index (χ1) is 6.21. The van der Waals surface area contributed by atoms with Gasteiger partial charge in [-0.2, -0.15) is 10.2 Å². The number of hydrogen-bond donors (Lipinski definition) is 1. The highest BCUT2D eigenvalue weighted by atomic mass is 16.3. The molecule has 0 aliphatic carbocycles. The Morgan fingerprint density at radius 2 is 1.36 bits per heavy atom. The molecule has 1 N–H and O–H groups in total. The molecular formula is C11H18N2O. The molecule has 0 radical (unpaired) electrons. The van der Waals surface area contributed by atoms with E-state index >= 15 is 0 Å². The van der Waals surface area contributed by atoms with Gasteiger partial charge in [0.25, 0.3) is 0 Å². The minimum atomic E-state index is -0.913. The second-order valence-corrected chi connectivity index (χ2v) is 5.11. The van der Waals surface area contributed by atoms with E-state index in [0.717, 1.165) is 5.69 Å². The summed E-state index contributed by atoms with van der Waals surface area (Å²) in [7, 11) is 0. The Morgan fingerprint density at radius 3 is 1.64 bits per heavy atom. The van der Waals surface area contributed by atoms with Crippen LogP contribution >= 0.6 is 0 Å². The molecule has 0 amide bonds. The van der Waals surface area contributed by atoms with E-state index in [4.69, 9.17) is 0 Å². The Bertz CT molecular complexity index is 271. The van der Waals surface area contributed by atoms with E-state index in [0.29, 0.717) is 5.69 Å². The van der Waals surface area contributed by atoms with Crippen molar-refractivity contribution in [1.82, 2.24) is 10.2 Å². The maximum absolute atomic E-state index is 9.68. The molecule has 3 heteroatoms. The topological polar surface area (TPSA) is 46.0 Å². The largest absolute Gasteiger partial charge is 0.384 e. The highest BCUT2D eigenvalue weighted by molar-refractivity contribution is 5.16. The van der Waals surface area contributed by atoms with Crippen LogP contribution in [0.3, 0.4) is 0 Å². The summed E-state index contributed by atoms with van der Waals surface area (Å²) in [6.07, 6.45) is 0. The first-order valence-electron chi connectivity index (χ1n) is 4.78. The minimum absolute atomic E-state index is 0.00509. The van der Waals surface area contributed by atoms with Crippen LogP contribution in [0.5, 0.6) is 0 Å². The number of aromatic nitrogens is 2. The van der Waals surface area contributed by atoms with Crippen LogP contribution in [0.4, 0.5) is 0 Å². The number of aliphatic hydroxyl groups is 1. The lowest BCUT2D eigenvalue weighted by Gasteiger charge is -2.19. The maximum Gasteiger partial charge on any atom is 0.103 e. The van der Waals surface area contributed by atoms with E-state index < -0.39 is 5.60 Å². The monoisotopic (exact) mass is 194 g/mol. The zero-order chi connectivity index (χ0) is 11.0. The standard InChI is InChI=1S/C11H18N2O/c1-10(2,3)8-6-7-9(13-12-8)11(4,5)14/h6-7,14H,1-5H3. The number of nitrogens with zero attached hydrogens (tertiary/aromatic N) is 2. The predicted octanol–water partition coefficient (Wildman–Crippen LogP) is 2.00. The van der Waals surface area contributed by atoms with Crippen LogP contribution in [0.25, 0.3) is 0 Å². The molecule has 1 aromatic heterocycles. The van der Waals surface area contributed by atoms with Crippen molar-refractivity contribution in [1.29, 1.82) is 0 Å². The third-order valence-corrected chi connectivity index (χ3v) is 2.06. The van der Waals surface area contributed by atoms with Crippen LogP contribution < -0.4 is 0 Å². The lowest BCUT2D eigenvalue weighted by atomic mass is 9.91. The molecule has 1 heterocycles. The lowest BCUT2D eigenvalue weighted by Crippen LogP contribution is -2.21. The van der Waals surface area contributed by atoms with Crippen molar-refractivity contribution in [3.8, 4) is 0 Å². The highest BCUT2D eigenvalue weighted by Gasteiger charge is 2.20. The van der Waals surface area contributed by atoms with Gasteiger partial charge < -0.3 is 5.11 Å². The summed E-state index contributed by atoms with van der Waals surface area (Å²) in [4.78, 5) is 0. The zero-order valence-electron chi connectivity index (χ0n) is 9.50. The quantitative estimate of drug-likeness (QED) is 0.743. The van der Waals surface area contributed by atoms with Gasteiger partial charge >= 0.3 is 0 Å². The van der Waals surface area contributed by atoms with Crippen molar-refractivity contribution in [2.24, 2.45) is 0 Å². The molecule has 0 bridgehead atoms. The fourth-order valence-electron chi connectivity index (χ4n) is 1.06. The average Bonchev–Trinajstić information content (AvgIpc) is 2.01. The third kappa shape index (κ3) is 2.51. The molecule has 0 aliphatic rings. The molecule has 0 atom stereocenters. The van der Waals surface area contributed by atoms with Gasteiger partial charge in [-0.3, -0.25) is 0 Å². The van der Waals surface area contributed by atoms with Gasteiger partial charge in [-0.05, 0) is 26.0 Å². The summed E-state index contributed by atoms with van der Waals surface area (Å²) in [6, 6.07) is 3.74. The van der Waals surface area contributed by atoms with Crippen molar-refractivity contribution in [2.75, 3.05) is 0 Å². The van der Waals surface area contributed by atoms with E-state index in [1.807, 2.05) is 12.1 Å². The van der Waals surface area contributed by atoms with Crippen molar-refractivity contribution < 1.29 is 5.11 Å². The molecule has 0 saturated carbocycles. The SMILES string of the molecule is CC(C)(C)c1ccc(C(C)(C)O)nn1. The van der Waals surface area contributed by atoms with Gasteiger partial charge in [-0.25, -0.2) is 0 Å². The second kappa shape index (κ2) is 3.31. The summed E-state index contributed by atoms with van der Waals surface area (Å²) >= 11 is 0. The molecule has 0 aromatic carbocycles. The summed E-state index contributed by atoms with van der Waals surface area (Å²) < 4.78 is 0. The van der Waals surface area contributed by atoms with Gasteiger partial charge in [0.2, 0.25) is 0 Å². The first-order valence-corrected chi connectivity index (χ1v) is 4.78. The Kier molecular flexibility index (Phi) is 2.63. The maximum atomic E-state index is 9.68. The first kappa shape index (κ1) is 11.1. The Balaban J connectivity index is 3.02. The van der Waals surface area contributed by atoms with Gasteiger partial charge in [0, 0.05) is 5.41 Å². The van der Waals surface area contributed by atoms with E-state index in [1.54, 1.807) is 13.8 Å². The lowest BCUT2D eigenvalue weighted by molar-refractivity contribution is 0.0726. The molecule has 0 fully saturated rings. The second-order valence-electron chi connectivity index (χ2n) is 5.11. The van der Waals surface area contributed by atoms with E-state index in [1.165, 1.54) is 0 Å². The fourth-order valence-corrected chi connectivity index (χ4v) is 1.06. The third-order valence-electron chi connectivity index (χ3n) is 2.06. The molecule has 14 heavy (non-hydrogen) atoms. The van der Waals surface area contributed by atoms with Crippen LogP contribution in [0, 0.1) is 0 Å². The molecule has 0 saturated heterocycles. The Labute approximate surface area is 85.2 Å². The van der Waals surface area contributed by atoms with Gasteiger partial charge in [-0.15, -0.1) is 0 Å². The molecule has 3 nitrogen and oxygen atoms in total. The summed E-state index contributed by atoms with van der Waals surface area (Å²) in [5.74, 6) is 0. The van der Waals surface area contributed by atoms with Gasteiger partial charge in [0.1, 0.15) is 5.60 Å². The summed E-state index contributed by atoms with van der Waals surface area (Å²) in [6.45, 7) is 9.66. The van der Waals surface area contributed by atoms with Crippen molar-refractivity contribution in [3.63, 3.8) is 0 Å². The minimum Gasteiger partial charge on any atom is -0.384 e. The van der Waals surface area contributed by atoms with Crippen LogP contribution in [-0.4, -0.2) is 15.3 Å². The van der Waals surface area contributed by atoms with Crippen LogP contribution in [-0.2, 0) is 11.0 Å². The fraction of sp³-hybridized carbons (Fsp3) is 0.636. The molecular weight excluding hydrogens is 176 g/mol. The number of rotatable bonds is 1. The van der Waals surface area contributed by atoms with Crippen LogP contribution in [0.15, 0.2) is 12.1 Å². The Hall–Kier alpha value is -0.960. The van der Waals surface area contributed by atoms with E-state index in [-0.39, 0.29) is 5.41 Å². The molecule has 0 aliphatic heterocycles. The molecule has 1 aromatic rings. The highest BCUT2D eigenvalue weighted by Crippen LogP contribution is 2.21. The van der Waals surface area contributed by atoms with Gasteiger partial charge in [0.05, 0.1) is 11.4 Å². The van der Waals surface area contributed by atoms with E-state index in [2.05, 4.69) is 31.0 Å². The normalized spacial score (nSPS) is 13.0. The summed E-state index contributed by atoms with van der Waals surface area (Å²) in [5.41, 5.74) is 0.630. The molecule has 78 valence electrons. The smallest absolute Gasteiger partial charge is 0.103 e. The van der Waals surface area contributed by atoms with Gasteiger partial charge in [0.15, 0.2) is 0 Å². The van der Waals surface area contributed by atoms with Crippen LogP contribution in [0.2, 0.25) is 0 Å². The molecule has 0 unspecified atom stereocenters. The molecule has 0 spiro atoms. The van der Waals surface area contributed by atoms with Gasteiger partial charge in [-0.1, -0.05) is 20.8 Å². The van der Waals surface area contributed by atoms with Crippen molar-refractivity contribution in [3.05, 3.63) is 23.5 Å². The zero-order valence-corrected chi connectivity index (χ0v) is 9.50. The molecule has 1 rings (SSSR count). The number of hydrogen-bond acceptors (Lipinski definition) is 3. The van der Waals surface area contributed by atoms with Crippen molar-refractivity contribution >= 4 is 0 Å². The average molecular weight is 194 g/mol. The summed E-state index contributed by atoms with van der Waals surface area (Å²) in [5, 5.41) is 17.8. The van der Waals surface area contributed by atoms with Crippen LogP contribution in [0.1, 0.15) is 46.0 Å². The Morgan fingerprint density at radius 1 is 0.929 bits per heavy atom. The van der Waals surface area contributed by atoms with Crippen molar-refractivity contribution in [2.45, 2.75) is 45.6 Å². The predicted molar refractivity (Wildman–Crippen MR) is 56.0 cm³/mol.